The summed E-state index contributed by atoms with van der Waals surface area (Å²) in [5.41, 5.74) is 0. The molecule has 0 saturated carbocycles. The molecule has 0 fully saturated rings. The van der Waals surface area contributed by atoms with Crippen molar-refractivity contribution in [2.45, 2.75) is 13.1 Å². The zero-order valence-corrected chi connectivity index (χ0v) is 10.8. The van der Waals surface area contributed by atoms with Crippen LogP contribution in [-0.4, -0.2) is 34.5 Å². The van der Waals surface area contributed by atoms with Gasteiger partial charge in [0.1, 0.15) is 0 Å². The standard InChI is InChI=1S/C11H14N4O2S/c1-15(6-10-13-8-17-14-10)7-11(16)12-5-9-3-2-4-18-9/h2-4,8H,5-7H2,1H3,(H,12,16). The number of hydrogen-bond donors (Lipinski definition) is 1. The lowest BCUT2D eigenvalue weighted by molar-refractivity contribution is -0.122. The monoisotopic (exact) mass is 266 g/mol. The van der Waals surface area contributed by atoms with Crippen molar-refractivity contribution in [2.75, 3.05) is 13.6 Å². The number of likely N-dealkylation sites (N-methyl/N-ethyl adjacent to an activating group) is 1. The first-order valence-electron chi connectivity index (χ1n) is 5.47. The van der Waals surface area contributed by atoms with Crippen LogP contribution in [0, 0.1) is 0 Å². The fourth-order valence-electron chi connectivity index (χ4n) is 1.46. The summed E-state index contributed by atoms with van der Waals surface area (Å²) in [5.74, 6) is 0.554. The molecule has 96 valence electrons. The van der Waals surface area contributed by atoms with Gasteiger partial charge in [-0.1, -0.05) is 11.2 Å². The molecule has 0 spiro atoms. The smallest absolute Gasteiger partial charge is 0.234 e. The van der Waals surface area contributed by atoms with Crippen LogP contribution in [0.2, 0.25) is 0 Å². The van der Waals surface area contributed by atoms with Gasteiger partial charge >= 0.3 is 0 Å². The van der Waals surface area contributed by atoms with Crippen LogP contribution >= 0.6 is 11.3 Å². The Balaban J connectivity index is 1.70. The van der Waals surface area contributed by atoms with E-state index in [1.807, 2.05) is 29.5 Å². The van der Waals surface area contributed by atoms with E-state index < -0.39 is 0 Å². The second-order valence-corrected chi connectivity index (χ2v) is 4.91. The van der Waals surface area contributed by atoms with Crippen molar-refractivity contribution in [1.29, 1.82) is 0 Å². The highest BCUT2D eigenvalue weighted by Crippen LogP contribution is 2.07. The van der Waals surface area contributed by atoms with Crippen LogP contribution in [0.15, 0.2) is 28.4 Å². The summed E-state index contributed by atoms with van der Waals surface area (Å²) in [6, 6.07) is 3.96. The molecule has 0 unspecified atom stereocenters. The number of rotatable bonds is 6. The van der Waals surface area contributed by atoms with Gasteiger partial charge in [0.15, 0.2) is 5.82 Å². The van der Waals surface area contributed by atoms with Crippen LogP contribution in [0.4, 0.5) is 0 Å². The Hall–Kier alpha value is -1.73. The van der Waals surface area contributed by atoms with Gasteiger partial charge in [0.25, 0.3) is 0 Å². The fraction of sp³-hybridized carbons (Fsp3) is 0.364. The number of hydrogen-bond acceptors (Lipinski definition) is 6. The predicted molar refractivity (Wildman–Crippen MR) is 66.8 cm³/mol. The summed E-state index contributed by atoms with van der Waals surface area (Å²) in [6.07, 6.45) is 1.28. The second kappa shape index (κ2) is 6.27. The Morgan fingerprint density at radius 2 is 2.50 bits per heavy atom. The van der Waals surface area contributed by atoms with Crippen molar-refractivity contribution in [3.05, 3.63) is 34.6 Å². The Labute approximate surface area is 109 Å². The molecule has 0 aliphatic carbocycles. The summed E-state index contributed by atoms with van der Waals surface area (Å²) in [7, 11) is 1.83. The summed E-state index contributed by atoms with van der Waals surface area (Å²) < 4.78 is 4.63. The lowest BCUT2D eigenvalue weighted by Crippen LogP contribution is -2.34. The molecule has 2 rings (SSSR count). The van der Waals surface area contributed by atoms with Gasteiger partial charge < -0.3 is 9.84 Å². The van der Waals surface area contributed by atoms with Gasteiger partial charge in [-0.25, -0.2) is 0 Å². The van der Waals surface area contributed by atoms with Crippen molar-refractivity contribution in [3.63, 3.8) is 0 Å². The Kier molecular flexibility index (Phi) is 4.43. The minimum absolute atomic E-state index is 0.0191. The highest BCUT2D eigenvalue weighted by atomic mass is 32.1. The first kappa shape index (κ1) is 12.7. The number of amides is 1. The van der Waals surface area contributed by atoms with Crippen molar-refractivity contribution in [3.8, 4) is 0 Å². The Morgan fingerprint density at radius 1 is 1.61 bits per heavy atom. The first-order valence-corrected chi connectivity index (χ1v) is 6.35. The Bertz CT molecular complexity index is 469. The number of carbonyl (C=O) groups is 1. The van der Waals surface area contributed by atoms with E-state index in [0.717, 1.165) is 4.88 Å². The summed E-state index contributed by atoms with van der Waals surface area (Å²) in [6.45, 7) is 1.37. The highest BCUT2D eigenvalue weighted by Gasteiger charge is 2.09. The molecule has 0 aliphatic heterocycles. The third-order valence-electron chi connectivity index (χ3n) is 2.27. The zero-order valence-electron chi connectivity index (χ0n) is 10.00. The normalized spacial score (nSPS) is 10.8. The molecule has 2 heterocycles. The molecule has 0 bridgehead atoms. The third-order valence-corrected chi connectivity index (χ3v) is 3.15. The maximum atomic E-state index is 11.7. The van der Waals surface area contributed by atoms with Gasteiger partial charge in [0.05, 0.1) is 19.6 Å². The van der Waals surface area contributed by atoms with Gasteiger partial charge in [-0.15, -0.1) is 11.3 Å². The minimum Gasteiger partial charge on any atom is -0.350 e. The average molecular weight is 266 g/mol. The number of carbonyl (C=O) groups excluding carboxylic acids is 1. The molecule has 0 atom stereocenters. The molecule has 7 heteroatoms. The van der Waals surface area contributed by atoms with Crippen molar-refractivity contribution >= 4 is 17.2 Å². The molecule has 18 heavy (non-hydrogen) atoms. The zero-order chi connectivity index (χ0) is 12.8. The van der Waals surface area contributed by atoms with E-state index >= 15 is 0 Å². The molecule has 2 aromatic rings. The molecular formula is C11H14N4O2S. The van der Waals surface area contributed by atoms with E-state index in [2.05, 4.69) is 20.0 Å². The molecule has 2 aromatic heterocycles. The average Bonchev–Trinajstić information content (AvgIpc) is 2.98. The molecule has 1 N–H and O–H groups in total. The lowest BCUT2D eigenvalue weighted by atomic mass is 10.4. The van der Waals surface area contributed by atoms with Gasteiger partial charge in [-0.3, -0.25) is 9.69 Å². The first-order chi connectivity index (χ1) is 8.74. The van der Waals surface area contributed by atoms with Crippen molar-refractivity contribution < 1.29 is 9.32 Å². The molecule has 0 aliphatic rings. The maximum Gasteiger partial charge on any atom is 0.234 e. The van der Waals surface area contributed by atoms with E-state index in [-0.39, 0.29) is 5.91 Å². The van der Waals surface area contributed by atoms with Crippen LogP contribution in [0.3, 0.4) is 0 Å². The molecule has 1 amide bonds. The van der Waals surface area contributed by atoms with Crippen molar-refractivity contribution in [1.82, 2.24) is 20.4 Å². The summed E-state index contributed by atoms with van der Waals surface area (Å²) in [5, 5.41) is 8.54. The van der Waals surface area contributed by atoms with Gasteiger partial charge in [0.2, 0.25) is 12.3 Å². The molecular weight excluding hydrogens is 252 g/mol. The lowest BCUT2D eigenvalue weighted by Gasteiger charge is -2.13. The third kappa shape index (κ3) is 3.94. The Morgan fingerprint density at radius 3 is 3.17 bits per heavy atom. The molecule has 6 nitrogen and oxygen atoms in total. The van der Waals surface area contributed by atoms with Crippen LogP contribution in [0.25, 0.3) is 0 Å². The number of nitrogens with zero attached hydrogens (tertiary/aromatic N) is 3. The topological polar surface area (TPSA) is 71.3 Å². The van der Waals surface area contributed by atoms with Gasteiger partial charge in [-0.05, 0) is 18.5 Å². The minimum atomic E-state index is -0.0191. The molecule has 0 saturated heterocycles. The van der Waals surface area contributed by atoms with Crippen LogP contribution in [0.5, 0.6) is 0 Å². The van der Waals surface area contributed by atoms with E-state index in [9.17, 15) is 4.79 Å². The highest BCUT2D eigenvalue weighted by molar-refractivity contribution is 7.09. The van der Waals surface area contributed by atoms with E-state index in [4.69, 9.17) is 0 Å². The number of nitrogens with one attached hydrogen (secondary N) is 1. The van der Waals surface area contributed by atoms with Crippen LogP contribution in [-0.2, 0) is 17.9 Å². The van der Waals surface area contributed by atoms with Gasteiger partial charge in [-0.2, -0.15) is 4.98 Å². The molecule has 0 aromatic carbocycles. The maximum absolute atomic E-state index is 11.7. The van der Waals surface area contributed by atoms with Crippen LogP contribution < -0.4 is 5.32 Å². The largest absolute Gasteiger partial charge is 0.350 e. The van der Waals surface area contributed by atoms with E-state index in [1.54, 1.807) is 11.3 Å². The number of aromatic nitrogens is 2. The SMILES string of the molecule is CN(CC(=O)NCc1cccs1)Cc1ncon1. The number of thiophene rings is 1. The fourth-order valence-corrected chi connectivity index (χ4v) is 2.10. The quantitative estimate of drug-likeness (QED) is 0.840. The second-order valence-electron chi connectivity index (χ2n) is 3.88. The van der Waals surface area contributed by atoms with Gasteiger partial charge in [0, 0.05) is 4.88 Å². The molecule has 0 radical (unpaired) electrons. The van der Waals surface area contributed by atoms with E-state index in [1.165, 1.54) is 6.39 Å². The van der Waals surface area contributed by atoms with Crippen LogP contribution in [0.1, 0.15) is 10.7 Å². The summed E-state index contributed by atoms with van der Waals surface area (Å²) >= 11 is 1.63. The predicted octanol–water partition coefficient (Wildman–Crippen LogP) is 0.879. The van der Waals surface area contributed by atoms with E-state index in [0.29, 0.717) is 25.5 Å². The van der Waals surface area contributed by atoms with Crippen molar-refractivity contribution in [2.24, 2.45) is 0 Å². The summed E-state index contributed by atoms with van der Waals surface area (Å²) in [4.78, 5) is 18.5.